The number of anilines is 1. The second-order valence-electron chi connectivity index (χ2n) is 6.05. The SMILES string of the molecule is N#CC(=Cc1ccc(-c2ccc([N+](=O)[O-])cc2)o1)C(=O)Nc1ccc(Cl)cc1[N+](=O)[O-]. The largest absolute Gasteiger partial charge is 0.457 e. The van der Waals surface area contributed by atoms with Crippen LogP contribution in [0.25, 0.3) is 17.4 Å². The second kappa shape index (κ2) is 8.89. The Hall–Kier alpha value is -4.49. The normalized spacial score (nSPS) is 10.9. The van der Waals surface area contributed by atoms with Crippen LogP contribution in [0.1, 0.15) is 5.76 Å². The highest BCUT2D eigenvalue weighted by Crippen LogP contribution is 2.29. The molecule has 1 aromatic heterocycles. The summed E-state index contributed by atoms with van der Waals surface area (Å²) in [7, 11) is 0. The van der Waals surface area contributed by atoms with Crippen molar-refractivity contribution in [2.75, 3.05) is 5.32 Å². The van der Waals surface area contributed by atoms with Gasteiger partial charge in [-0.15, -0.1) is 0 Å². The number of amides is 1. The van der Waals surface area contributed by atoms with E-state index in [9.17, 15) is 30.3 Å². The van der Waals surface area contributed by atoms with Crippen molar-refractivity contribution in [3.8, 4) is 17.4 Å². The number of hydrogen-bond donors (Lipinski definition) is 1. The highest BCUT2D eigenvalue weighted by molar-refractivity contribution is 6.31. The van der Waals surface area contributed by atoms with Crippen LogP contribution in [0, 0.1) is 31.6 Å². The molecule has 0 radical (unpaired) electrons. The molecule has 0 unspecified atom stereocenters. The zero-order chi connectivity index (χ0) is 22.5. The monoisotopic (exact) mass is 438 g/mol. The fourth-order valence-electron chi connectivity index (χ4n) is 2.58. The van der Waals surface area contributed by atoms with Crippen molar-refractivity contribution in [1.29, 1.82) is 5.26 Å². The number of nitro benzene ring substituents is 2. The lowest BCUT2D eigenvalue weighted by Crippen LogP contribution is -2.14. The molecule has 154 valence electrons. The van der Waals surface area contributed by atoms with Crippen molar-refractivity contribution >= 4 is 40.6 Å². The number of non-ortho nitro benzene ring substituents is 1. The van der Waals surface area contributed by atoms with E-state index in [2.05, 4.69) is 5.32 Å². The fourth-order valence-corrected chi connectivity index (χ4v) is 2.74. The predicted molar refractivity (Wildman–Crippen MR) is 111 cm³/mol. The number of nitriles is 1. The molecule has 3 aromatic rings. The van der Waals surface area contributed by atoms with Gasteiger partial charge >= 0.3 is 0 Å². The van der Waals surface area contributed by atoms with Crippen LogP contribution in [-0.4, -0.2) is 15.8 Å². The summed E-state index contributed by atoms with van der Waals surface area (Å²) in [5.41, 5.74) is -0.405. The van der Waals surface area contributed by atoms with Gasteiger partial charge < -0.3 is 9.73 Å². The Labute approximate surface area is 179 Å². The third-order valence-electron chi connectivity index (χ3n) is 4.05. The van der Waals surface area contributed by atoms with Crippen LogP contribution in [0.5, 0.6) is 0 Å². The molecular formula is C20H11ClN4O6. The number of halogens is 1. The van der Waals surface area contributed by atoms with Crippen LogP contribution < -0.4 is 5.32 Å². The highest BCUT2D eigenvalue weighted by Gasteiger charge is 2.19. The summed E-state index contributed by atoms with van der Waals surface area (Å²) in [5.74, 6) is -0.334. The van der Waals surface area contributed by atoms with Gasteiger partial charge in [-0.25, -0.2) is 0 Å². The molecule has 0 aliphatic carbocycles. The molecule has 3 rings (SSSR count). The van der Waals surface area contributed by atoms with E-state index in [1.54, 1.807) is 12.1 Å². The second-order valence-corrected chi connectivity index (χ2v) is 6.48. The Balaban J connectivity index is 1.83. The molecule has 0 saturated heterocycles. The number of nitrogens with one attached hydrogen (secondary N) is 1. The van der Waals surface area contributed by atoms with E-state index in [1.807, 2.05) is 0 Å². The van der Waals surface area contributed by atoms with E-state index in [1.165, 1.54) is 48.5 Å². The first-order chi connectivity index (χ1) is 14.8. The van der Waals surface area contributed by atoms with Crippen molar-refractivity contribution in [1.82, 2.24) is 0 Å². The molecule has 1 heterocycles. The standard InChI is InChI=1S/C20H11ClN4O6/c21-14-3-7-17(18(10-14)25(29)30)23-20(26)13(11-22)9-16-6-8-19(31-16)12-1-4-15(5-2-12)24(27)28/h1-10H,(H,23,26). The zero-order valence-corrected chi connectivity index (χ0v) is 16.2. The van der Waals surface area contributed by atoms with Crippen molar-refractivity contribution in [2.45, 2.75) is 0 Å². The number of furan rings is 1. The maximum atomic E-state index is 12.4. The minimum Gasteiger partial charge on any atom is -0.457 e. The average Bonchev–Trinajstić information content (AvgIpc) is 3.21. The molecule has 11 heteroatoms. The van der Waals surface area contributed by atoms with Gasteiger partial charge in [0.2, 0.25) is 0 Å². The van der Waals surface area contributed by atoms with Crippen LogP contribution in [-0.2, 0) is 4.79 Å². The number of nitrogens with zero attached hydrogens (tertiary/aromatic N) is 3. The minimum absolute atomic E-state index is 0.0739. The minimum atomic E-state index is -0.874. The lowest BCUT2D eigenvalue weighted by molar-refractivity contribution is -0.384. The van der Waals surface area contributed by atoms with Crippen molar-refractivity contribution < 1.29 is 19.1 Å². The average molecular weight is 439 g/mol. The number of rotatable bonds is 6. The van der Waals surface area contributed by atoms with Crippen molar-refractivity contribution in [3.05, 3.63) is 91.2 Å². The summed E-state index contributed by atoms with van der Waals surface area (Å²) in [4.78, 5) is 33.1. The van der Waals surface area contributed by atoms with Gasteiger partial charge in [0, 0.05) is 34.9 Å². The maximum Gasteiger partial charge on any atom is 0.294 e. The number of carbonyl (C=O) groups excluding carboxylic acids is 1. The molecule has 2 aromatic carbocycles. The first-order valence-corrected chi connectivity index (χ1v) is 8.88. The van der Waals surface area contributed by atoms with Gasteiger partial charge in [-0.1, -0.05) is 11.6 Å². The molecule has 10 nitrogen and oxygen atoms in total. The summed E-state index contributed by atoms with van der Waals surface area (Å²) in [6.45, 7) is 0. The lowest BCUT2D eigenvalue weighted by atomic mass is 10.1. The third-order valence-corrected chi connectivity index (χ3v) is 4.28. The third kappa shape index (κ3) is 4.92. The summed E-state index contributed by atoms with van der Waals surface area (Å²) in [6.07, 6.45) is 1.17. The Morgan fingerprint density at radius 1 is 1.06 bits per heavy atom. The van der Waals surface area contributed by atoms with E-state index in [0.29, 0.717) is 11.3 Å². The predicted octanol–water partition coefficient (Wildman–Crippen LogP) is 4.96. The summed E-state index contributed by atoms with van der Waals surface area (Å²) in [6, 6.07) is 14.1. The van der Waals surface area contributed by atoms with Gasteiger partial charge in [-0.2, -0.15) is 5.26 Å². The maximum absolute atomic E-state index is 12.4. The molecule has 0 aliphatic heterocycles. The number of nitro groups is 2. The number of hydrogen-bond acceptors (Lipinski definition) is 7. The molecule has 0 spiro atoms. The molecule has 1 amide bonds. The summed E-state index contributed by atoms with van der Waals surface area (Å²) < 4.78 is 5.58. The molecular weight excluding hydrogens is 428 g/mol. The van der Waals surface area contributed by atoms with Gasteiger partial charge in [0.05, 0.1) is 9.85 Å². The van der Waals surface area contributed by atoms with Gasteiger partial charge in [0.25, 0.3) is 17.3 Å². The first kappa shape index (κ1) is 21.2. The molecule has 0 aliphatic rings. The summed E-state index contributed by atoms with van der Waals surface area (Å²) >= 11 is 5.74. The molecule has 1 N–H and O–H groups in total. The van der Waals surface area contributed by atoms with E-state index in [-0.39, 0.29) is 27.7 Å². The van der Waals surface area contributed by atoms with Gasteiger partial charge in [-0.05, 0) is 36.4 Å². The van der Waals surface area contributed by atoms with Crippen molar-refractivity contribution in [2.24, 2.45) is 0 Å². The fraction of sp³-hybridized carbons (Fsp3) is 0. The van der Waals surface area contributed by atoms with Crippen LogP contribution in [0.2, 0.25) is 5.02 Å². The molecule has 31 heavy (non-hydrogen) atoms. The number of carbonyl (C=O) groups is 1. The lowest BCUT2D eigenvalue weighted by Gasteiger charge is -2.05. The van der Waals surface area contributed by atoms with Gasteiger partial charge in [-0.3, -0.25) is 25.0 Å². The highest BCUT2D eigenvalue weighted by atomic mass is 35.5. The first-order valence-electron chi connectivity index (χ1n) is 8.50. The molecule has 0 fully saturated rings. The Morgan fingerprint density at radius 3 is 2.39 bits per heavy atom. The van der Waals surface area contributed by atoms with Gasteiger partial charge in [0.1, 0.15) is 28.9 Å². The van der Waals surface area contributed by atoms with Crippen LogP contribution in [0.15, 0.2) is 64.6 Å². The summed E-state index contributed by atoms with van der Waals surface area (Å²) in [5, 5.41) is 33.6. The molecule has 0 bridgehead atoms. The smallest absolute Gasteiger partial charge is 0.294 e. The van der Waals surface area contributed by atoms with Crippen LogP contribution in [0.3, 0.4) is 0 Å². The molecule has 0 saturated carbocycles. The quantitative estimate of drug-likeness (QED) is 0.247. The Bertz CT molecular complexity index is 1260. The number of benzene rings is 2. The van der Waals surface area contributed by atoms with E-state index in [4.69, 9.17) is 16.0 Å². The van der Waals surface area contributed by atoms with Crippen LogP contribution >= 0.6 is 11.6 Å². The van der Waals surface area contributed by atoms with Crippen LogP contribution in [0.4, 0.5) is 17.1 Å². The molecule has 0 atom stereocenters. The van der Waals surface area contributed by atoms with E-state index in [0.717, 1.165) is 6.07 Å². The van der Waals surface area contributed by atoms with Gasteiger partial charge in [0.15, 0.2) is 0 Å². The van der Waals surface area contributed by atoms with E-state index < -0.39 is 21.4 Å². The Kier molecular flexibility index (Phi) is 6.09. The Morgan fingerprint density at radius 2 is 1.77 bits per heavy atom. The van der Waals surface area contributed by atoms with E-state index >= 15 is 0 Å². The topological polar surface area (TPSA) is 152 Å². The van der Waals surface area contributed by atoms with Crippen molar-refractivity contribution in [3.63, 3.8) is 0 Å². The zero-order valence-electron chi connectivity index (χ0n) is 15.4.